The van der Waals surface area contributed by atoms with Gasteiger partial charge in [-0.3, -0.25) is 4.79 Å². The topological polar surface area (TPSA) is 54.0 Å². The fraction of sp³-hybridized carbons (Fsp3) is 0.591. The Bertz CT molecular complexity index is 616. The smallest absolute Gasteiger partial charge is 0.302 e. The van der Waals surface area contributed by atoms with E-state index < -0.39 is 5.79 Å². The summed E-state index contributed by atoms with van der Waals surface area (Å²) in [7, 11) is 1.62. The van der Waals surface area contributed by atoms with Crippen molar-refractivity contribution in [3.8, 4) is 0 Å². The number of hydrogen-bond acceptors (Lipinski definition) is 5. The van der Waals surface area contributed by atoms with E-state index in [2.05, 4.69) is 13.2 Å². The van der Waals surface area contributed by atoms with E-state index in [-0.39, 0.29) is 30.0 Å². The van der Waals surface area contributed by atoms with Gasteiger partial charge in [0.25, 0.3) is 5.79 Å². The molecule has 5 nitrogen and oxygen atoms in total. The largest absolute Gasteiger partial charge is 0.462 e. The standard InChI is InChI=1S/C22H34O5/c1-10-15(4)20-13-16(5)22(8,27-20)25-12-11-19(24-9)17(6)21(14(2)3)26-18(7)23/h10-12,14,17,19,21H,1,5,13H2,2-4,6-9H3. The van der Waals surface area contributed by atoms with Gasteiger partial charge in [0.05, 0.1) is 12.4 Å². The molecule has 1 aliphatic heterocycles. The fourth-order valence-electron chi connectivity index (χ4n) is 3.08. The number of rotatable bonds is 9. The Balaban J connectivity index is 2.85. The van der Waals surface area contributed by atoms with Crippen molar-refractivity contribution in [3.63, 3.8) is 0 Å². The average molecular weight is 379 g/mol. The van der Waals surface area contributed by atoms with E-state index in [1.807, 2.05) is 40.7 Å². The van der Waals surface area contributed by atoms with E-state index >= 15 is 0 Å². The first-order valence-corrected chi connectivity index (χ1v) is 9.29. The van der Waals surface area contributed by atoms with Crippen LogP contribution in [-0.4, -0.2) is 31.1 Å². The maximum absolute atomic E-state index is 11.4. The van der Waals surface area contributed by atoms with Gasteiger partial charge in [-0.15, -0.1) is 0 Å². The quantitative estimate of drug-likeness (QED) is 0.324. The lowest BCUT2D eigenvalue weighted by Gasteiger charge is -2.31. The average Bonchev–Trinajstić information content (AvgIpc) is 2.90. The molecule has 4 unspecified atom stereocenters. The zero-order valence-electron chi connectivity index (χ0n) is 17.7. The number of allylic oxidation sites excluding steroid dienone is 3. The third-order valence-electron chi connectivity index (χ3n) is 4.91. The molecular weight excluding hydrogens is 344 g/mol. The molecule has 1 rings (SSSR count). The lowest BCUT2D eigenvalue weighted by atomic mass is 9.90. The molecule has 4 atom stereocenters. The maximum atomic E-state index is 11.4. The lowest BCUT2D eigenvalue weighted by molar-refractivity contribution is -0.154. The number of carbonyl (C=O) groups excluding carboxylic acids is 1. The molecule has 0 N–H and O–H groups in total. The Hall–Kier alpha value is -2.01. The second-order valence-corrected chi connectivity index (χ2v) is 7.46. The van der Waals surface area contributed by atoms with Crippen LogP contribution in [0.3, 0.4) is 0 Å². The van der Waals surface area contributed by atoms with Gasteiger partial charge in [0.2, 0.25) is 0 Å². The van der Waals surface area contributed by atoms with Crippen molar-refractivity contribution in [1.29, 1.82) is 0 Å². The maximum Gasteiger partial charge on any atom is 0.302 e. The summed E-state index contributed by atoms with van der Waals surface area (Å²) in [5, 5.41) is 0. The molecule has 0 amide bonds. The molecule has 1 aliphatic rings. The first kappa shape index (κ1) is 23.0. The first-order valence-electron chi connectivity index (χ1n) is 9.29. The van der Waals surface area contributed by atoms with Crippen molar-refractivity contribution in [1.82, 2.24) is 0 Å². The predicted molar refractivity (Wildman–Crippen MR) is 107 cm³/mol. The molecule has 1 heterocycles. The molecule has 0 aromatic heterocycles. The van der Waals surface area contributed by atoms with Gasteiger partial charge in [0, 0.05) is 38.9 Å². The van der Waals surface area contributed by atoms with Crippen LogP contribution in [0.1, 0.15) is 48.0 Å². The van der Waals surface area contributed by atoms with Gasteiger partial charge >= 0.3 is 5.97 Å². The zero-order valence-corrected chi connectivity index (χ0v) is 17.7. The number of esters is 1. The molecule has 0 aromatic carbocycles. The number of methoxy groups -OCH3 is 1. The second kappa shape index (κ2) is 9.79. The Morgan fingerprint density at radius 2 is 1.93 bits per heavy atom. The summed E-state index contributed by atoms with van der Waals surface area (Å²) in [6.07, 6.45) is 5.23. The molecule has 0 aromatic rings. The van der Waals surface area contributed by atoms with Crippen molar-refractivity contribution in [2.75, 3.05) is 7.11 Å². The van der Waals surface area contributed by atoms with Crippen LogP contribution in [0.15, 0.2) is 48.5 Å². The summed E-state index contributed by atoms with van der Waals surface area (Å²) in [6.45, 7) is 19.1. The molecule has 0 spiro atoms. The van der Waals surface area contributed by atoms with Crippen LogP contribution in [0.4, 0.5) is 0 Å². The van der Waals surface area contributed by atoms with Gasteiger partial charge in [-0.1, -0.05) is 40.0 Å². The van der Waals surface area contributed by atoms with Gasteiger partial charge < -0.3 is 18.9 Å². The monoisotopic (exact) mass is 378 g/mol. The summed E-state index contributed by atoms with van der Waals surface area (Å²) >= 11 is 0. The van der Waals surface area contributed by atoms with E-state index in [0.29, 0.717) is 6.42 Å². The molecule has 152 valence electrons. The Morgan fingerprint density at radius 1 is 1.30 bits per heavy atom. The molecule has 0 aliphatic carbocycles. The molecule has 1 saturated heterocycles. The highest BCUT2D eigenvalue weighted by Gasteiger charge is 2.39. The molecular formula is C22H34O5. The van der Waals surface area contributed by atoms with E-state index in [1.54, 1.807) is 19.4 Å². The lowest BCUT2D eigenvalue weighted by Crippen LogP contribution is -2.36. The highest BCUT2D eigenvalue weighted by molar-refractivity contribution is 5.66. The third kappa shape index (κ3) is 5.99. The van der Waals surface area contributed by atoms with Gasteiger partial charge in [-0.05, 0) is 24.5 Å². The van der Waals surface area contributed by atoms with E-state index in [1.165, 1.54) is 6.92 Å². The molecule has 0 saturated carbocycles. The minimum absolute atomic E-state index is 0.0438. The van der Waals surface area contributed by atoms with Crippen molar-refractivity contribution in [2.24, 2.45) is 11.8 Å². The second-order valence-electron chi connectivity index (χ2n) is 7.46. The Kier molecular flexibility index (Phi) is 8.35. The van der Waals surface area contributed by atoms with Crippen LogP contribution in [0, 0.1) is 11.8 Å². The molecule has 5 heteroatoms. The van der Waals surface area contributed by atoms with Crippen LogP contribution in [-0.2, 0) is 23.7 Å². The zero-order chi connectivity index (χ0) is 20.8. The normalized spacial score (nSPS) is 25.1. The van der Waals surface area contributed by atoms with Crippen molar-refractivity contribution < 1.29 is 23.7 Å². The highest BCUT2D eigenvalue weighted by Crippen LogP contribution is 2.39. The molecule has 0 bridgehead atoms. The van der Waals surface area contributed by atoms with E-state index in [4.69, 9.17) is 18.9 Å². The fourth-order valence-corrected chi connectivity index (χ4v) is 3.08. The van der Waals surface area contributed by atoms with E-state index in [0.717, 1.165) is 16.9 Å². The number of carbonyl (C=O) groups is 1. The van der Waals surface area contributed by atoms with Gasteiger partial charge in [-0.2, -0.15) is 0 Å². The van der Waals surface area contributed by atoms with Gasteiger partial charge in [0.15, 0.2) is 0 Å². The SMILES string of the molecule is C=CC(C)=C1CC(=C)C(C)(OC=CC(OC)C(C)C(OC(C)=O)C(C)C)O1. The molecule has 0 radical (unpaired) electrons. The van der Waals surface area contributed by atoms with Crippen molar-refractivity contribution in [3.05, 3.63) is 48.5 Å². The molecule has 1 fully saturated rings. The minimum atomic E-state index is -0.926. The van der Waals surface area contributed by atoms with Gasteiger partial charge in [0.1, 0.15) is 11.9 Å². The molecule has 27 heavy (non-hydrogen) atoms. The Labute approximate surface area is 163 Å². The van der Waals surface area contributed by atoms with Crippen molar-refractivity contribution in [2.45, 2.75) is 66.0 Å². The van der Waals surface area contributed by atoms with Gasteiger partial charge in [-0.25, -0.2) is 0 Å². The Morgan fingerprint density at radius 3 is 2.41 bits per heavy atom. The summed E-state index contributed by atoms with van der Waals surface area (Å²) in [5.74, 6) is -0.281. The summed E-state index contributed by atoms with van der Waals surface area (Å²) < 4.78 is 22.9. The van der Waals surface area contributed by atoms with E-state index in [9.17, 15) is 4.79 Å². The van der Waals surface area contributed by atoms with Crippen LogP contribution in [0.25, 0.3) is 0 Å². The highest BCUT2D eigenvalue weighted by atomic mass is 16.7. The van der Waals surface area contributed by atoms with Crippen LogP contribution in [0.5, 0.6) is 0 Å². The number of ether oxygens (including phenoxy) is 4. The summed E-state index contributed by atoms with van der Waals surface area (Å²) in [6, 6.07) is 0. The van der Waals surface area contributed by atoms with Crippen LogP contribution in [0.2, 0.25) is 0 Å². The predicted octanol–water partition coefficient (Wildman–Crippen LogP) is 4.91. The third-order valence-corrected chi connectivity index (χ3v) is 4.91. The minimum Gasteiger partial charge on any atom is -0.462 e. The first-order chi connectivity index (χ1) is 12.6. The van der Waals surface area contributed by atoms with Crippen LogP contribution < -0.4 is 0 Å². The summed E-state index contributed by atoms with van der Waals surface area (Å²) in [4.78, 5) is 11.4. The van der Waals surface area contributed by atoms with Crippen molar-refractivity contribution >= 4 is 5.97 Å². The number of hydrogen-bond donors (Lipinski definition) is 0. The summed E-state index contributed by atoms with van der Waals surface area (Å²) in [5.41, 5.74) is 1.81. The van der Waals surface area contributed by atoms with Crippen LogP contribution >= 0.6 is 0 Å².